The lowest BCUT2D eigenvalue weighted by Gasteiger charge is -2.19. The van der Waals surface area contributed by atoms with Crippen LogP contribution in [0.15, 0.2) is 23.1 Å². The van der Waals surface area contributed by atoms with Crippen LogP contribution >= 0.6 is 23.5 Å². The van der Waals surface area contributed by atoms with Gasteiger partial charge in [0.25, 0.3) is 0 Å². The number of hydrogen-bond donors (Lipinski definition) is 0. The van der Waals surface area contributed by atoms with E-state index in [9.17, 15) is 14.4 Å². The monoisotopic (exact) mass is 322 g/mol. The maximum atomic E-state index is 12.7. The summed E-state index contributed by atoms with van der Waals surface area (Å²) in [5, 5.41) is 0. The van der Waals surface area contributed by atoms with Gasteiger partial charge in [0.05, 0.1) is 0 Å². The highest BCUT2D eigenvalue weighted by Crippen LogP contribution is 2.27. The van der Waals surface area contributed by atoms with Crippen molar-refractivity contribution in [2.75, 3.05) is 12.5 Å². The molecule has 2 rings (SSSR count). The molecule has 0 atom stereocenters. The van der Waals surface area contributed by atoms with Gasteiger partial charge in [-0.15, -0.1) is 11.8 Å². The average Bonchev–Trinajstić information content (AvgIpc) is 2.47. The maximum absolute atomic E-state index is 12.7. The first-order valence-corrected chi connectivity index (χ1v) is 9.45. The average molecular weight is 322 g/mol. The van der Waals surface area contributed by atoms with Crippen molar-refractivity contribution in [1.29, 1.82) is 0 Å². The van der Waals surface area contributed by atoms with Crippen molar-refractivity contribution in [2.45, 2.75) is 29.9 Å². The number of benzene rings is 1. The van der Waals surface area contributed by atoms with Crippen LogP contribution in [0.2, 0.25) is 0 Å². The van der Waals surface area contributed by atoms with Gasteiger partial charge < -0.3 is 0 Å². The highest BCUT2D eigenvalue weighted by molar-refractivity contribution is 7.98. The highest BCUT2D eigenvalue weighted by atomic mass is 32.2. The smallest absolute Gasteiger partial charge is 0.181 e. The Bertz CT molecular complexity index is 565. The van der Waals surface area contributed by atoms with Crippen LogP contribution in [-0.2, 0) is 15.3 Å². The Balaban J connectivity index is 2.37. The molecule has 1 saturated carbocycles. The lowest BCUT2D eigenvalue weighted by molar-refractivity contribution is -0.133. The molecule has 0 saturated heterocycles. The van der Waals surface area contributed by atoms with E-state index in [4.69, 9.17) is 0 Å². The van der Waals surface area contributed by atoms with Gasteiger partial charge in [-0.25, -0.2) is 0 Å². The van der Waals surface area contributed by atoms with Crippen molar-refractivity contribution in [3.8, 4) is 0 Å². The fourth-order valence-electron chi connectivity index (χ4n) is 2.57. The van der Waals surface area contributed by atoms with Gasteiger partial charge >= 0.3 is 0 Å². The normalized spacial score (nSPS) is 16.3. The van der Waals surface area contributed by atoms with Gasteiger partial charge in [0.1, 0.15) is 5.92 Å². The minimum atomic E-state index is -1.07. The number of thioether (sulfide) groups is 2. The Morgan fingerprint density at radius 1 is 1.19 bits per heavy atom. The van der Waals surface area contributed by atoms with Crippen molar-refractivity contribution in [1.82, 2.24) is 0 Å². The van der Waals surface area contributed by atoms with E-state index in [2.05, 4.69) is 0 Å². The number of ketones is 3. The van der Waals surface area contributed by atoms with Gasteiger partial charge in [-0.1, -0.05) is 0 Å². The molecule has 1 aromatic rings. The predicted octanol–water partition coefficient (Wildman–Crippen LogP) is 3.39. The summed E-state index contributed by atoms with van der Waals surface area (Å²) in [4.78, 5) is 37.7. The summed E-state index contributed by atoms with van der Waals surface area (Å²) in [6.07, 6.45) is 5.20. The van der Waals surface area contributed by atoms with Crippen LogP contribution in [0.25, 0.3) is 0 Å². The molecule has 0 spiro atoms. The molecule has 0 aromatic heterocycles. The molecule has 3 nitrogen and oxygen atoms in total. The second-order valence-corrected chi connectivity index (χ2v) is 6.79. The summed E-state index contributed by atoms with van der Waals surface area (Å²) < 4.78 is 0. The SMILES string of the molecule is CSCc1cc(SC)ccc1C(=O)C1C(=O)CCCC1=O. The van der Waals surface area contributed by atoms with E-state index >= 15 is 0 Å². The summed E-state index contributed by atoms with van der Waals surface area (Å²) in [5.74, 6) is -1.13. The molecule has 21 heavy (non-hydrogen) atoms. The van der Waals surface area contributed by atoms with Crippen LogP contribution in [0.1, 0.15) is 35.2 Å². The van der Waals surface area contributed by atoms with Gasteiger partial charge in [0, 0.05) is 29.1 Å². The number of carbonyl (C=O) groups excluding carboxylic acids is 3. The lowest BCUT2D eigenvalue weighted by atomic mass is 9.81. The lowest BCUT2D eigenvalue weighted by Crippen LogP contribution is -2.35. The van der Waals surface area contributed by atoms with E-state index in [1.165, 1.54) is 0 Å². The molecule has 1 aromatic carbocycles. The molecular weight excluding hydrogens is 304 g/mol. The van der Waals surface area contributed by atoms with Gasteiger partial charge in [-0.3, -0.25) is 14.4 Å². The van der Waals surface area contributed by atoms with Crippen LogP contribution in [0.4, 0.5) is 0 Å². The van der Waals surface area contributed by atoms with Gasteiger partial charge in [0.15, 0.2) is 17.3 Å². The Labute approximate surface area is 133 Å². The molecule has 1 fully saturated rings. The zero-order valence-electron chi connectivity index (χ0n) is 12.2. The Kier molecular flexibility index (Phi) is 5.65. The van der Waals surface area contributed by atoms with Crippen LogP contribution < -0.4 is 0 Å². The molecule has 0 heterocycles. The minimum Gasteiger partial charge on any atom is -0.298 e. The first-order chi connectivity index (χ1) is 10.1. The number of rotatable bonds is 5. The number of carbonyl (C=O) groups is 3. The molecule has 0 aliphatic heterocycles. The van der Waals surface area contributed by atoms with Crippen molar-refractivity contribution < 1.29 is 14.4 Å². The molecule has 5 heteroatoms. The van der Waals surface area contributed by atoms with Crippen LogP contribution in [0.3, 0.4) is 0 Å². The highest BCUT2D eigenvalue weighted by Gasteiger charge is 2.37. The molecule has 1 aliphatic rings. The molecule has 112 valence electrons. The molecule has 0 radical (unpaired) electrons. The zero-order valence-corrected chi connectivity index (χ0v) is 13.8. The second kappa shape index (κ2) is 7.27. The molecular formula is C16H18O3S2. The standard InChI is InChI=1S/C16H18O3S2/c1-20-9-10-8-11(21-2)6-7-12(10)16(19)15-13(17)4-3-5-14(15)18/h6-8,15H,3-5,9H2,1-2H3. The molecule has 1 aliphatic carbocycles. The molecule has 0 unspecified atom stereocenters. The maximum Gasteiger partial charge on any atom is 0.181 e. The van der Waals surface area contributed by atoms with Crippen LogP contribution in [0, 0.1) is 5.92 Å². The van der Waals surface area contributed by atoms with Crippen molar-refractivity contribution >= 4 is 40.9 Å². The van der Waals surface area contributed by atoms with E-state index < -0.39 is 5.92 Å². The Morgan fingerprint density at radius 2 is 1.86 bits per heavy atom. The third-order valence-electron chi connectivity index (χ3n) is 3.63. The van der Waals surface area contributed by atoms with E-state index in [1.807, 2.05) is 24.6 Å². The topological polar surface area (TPSA) is 51.2 Å². The fourth-order valence-corrected chi connectivity index (χ4v) is 3.58. The quantitative estimate of drug-likeness (QED) is 0.472. The van der Waals surface area contributed by atoms with Crippen molar-refractivity contribution in [2.24, 2.45) is 5.92 Å². The third-order valence-corrected chi connectivity index (χ3v) is 4.96. The summed E-state index contributed by atoms with van der Waals surface area (Å²) in [6, 6.07) is 5.61. The first kappa shape index (κ1) is 16.3. The molecule has 0 bridgehead atoms. The Hall–Kier alpha value is -1.07. The van der Waals surface area contributed by atoms with E-state index in [0.29, 0.717) is 30.6 Å². The minimum absolute atomic E-state index is 0.222. The Morgan fingerprint density at radius 3 is 2.43 bits per heavy atom. The van der Waals surface area contributed by atoms with Crippen molar-refractivity contribution in [3.63, 3.8) is 0 Å². The van der Waals surface area contributed by atoms with Crippen LogP contribution in [0.5, 0.6) is 0 Å². The summed E-state index contributed by atoms with van der Waals surface area (Å²) in [5.41, 5.74) is 1.43. The second-order valence-electron chi connectivity index (χ2n) is 5.04. The summed E-state index contributed by atoms with van der Waals surface area (Å²) >= 11 is 3.23. The number of Topliss-reactive ketones (excluding diaryl/α,β-unsaturated/α-hetero) is 3. The van der Waals surface area contributed by atoms with E-state index in [0.717, 1.165) is 10.5 Å². The molecule has 0 amide bonds. The number of hydrogen-bond acceptors (Lipinski definition) is 5. The van der Waals surface area contributed by atoms with Gasteiger partial charge in [-0.2, -0.15) is 11.8 Å². The van der Waals surface area contributed by atoms with Crippen molar-refractivity contribution in [3.05, 3.63) is 29.3 Å². The van der Waals surface area contributed by atoms with E-state index in [-0.39, 0.29) is 17.3 Å². The largest absolute Gasteiger partial charge is 0.298 e. The summed E-state index contributed by atoms with van der Waals surface area (Å²) in [7, 11) is 0. The van der Waals surface area contributed by atoms with Gasteiger partial charge in [-0.05, 0) is 42.7 Å². The fraction of sp³-hybridized carbons (Fsp3) is 0.438. The summed E-state index contributed by atoms with van der Waals surface area (Å²) in [6.45, 7) is 0. The van der Waals surface area contributed by atoms with Crippen LogP contribution in [-0.4, -0.2) is 29.9 Å². The zero-order chi connectivity index (χ0) is 15.4. The predicted molar refractivity (Wildman–Crippen MR) is 87.1 cm³/mol. The molecule has 0 N–H and O–H groups in total. The van der Waals surface area contributed by atoms with Gasteiger partial charge in [0.2, 0.25) is 0 Å². The third kappa shape index (κ3) is 3.58. The van der Waals surface area contributed by atoms with E-state index in [1.54, 1.807) is 29.6 Å². The first-order valence-electron chi connectivity index (χ1n) is 6.84.